The molecule has 8 heteroatoms. The summed E-state index contributed by atoms with van der Waals surface area (Å²) in [6.07, 6.45) is 10.4. The number of aliphatic hydroxyl groups is 1. The molecule has 0 bridgehead atoms. The van der Waals surface area contributed by atoms with E-state index >= 15 is 0 Å². The van der Waals surface area contributed by atoms with Crippen molar-refractivity contribution in [3.8, 4) is 0 Å². The molecule has 242 valence electrons. The van der Waals surface area contributed by atoms with E-state index in [1.54, 1.807) is 12.3 Å². The lowest BCUT2D eigenvalue weighted by Gasteiger charge is -2.41. The Kier molecular flexibility index (Phi) is 14.0. The van der Waals surface area contributed by atoms with Gasteiger partial charge in [-0.05, 0) is 76.4 Å². The van der Waals surface area contributed by atoms with Crippen LogP contribution in [0.5, 0.6) is 0 Å². The maximum atomic E-state index is 13.5. The summed E-state index contributed by atoms with van der Waals surface area (Å²) in [6, 6.07) is 5.90. The van der Waals surface area contributed by atoms with Crippen molar-refractivity contribution in [3.63, 3.8) is 0 Å². The van der Waals surface area contributed by atoms with E-state index in [1.807, 2.05) is 71.0 Å². The summed E-state index contributed by atoms with van der Waals surface area (Å²) in [4.78, 5) is 17.9. The number of ether oxygens (including phenoxy) is 3. The second-order valence-electron chi connectivity index (χ2n) is 13.6. The van der Waals surface area contributed by atoms with Crippen LogP contribution in [0, 0.1) is 5.92 Å². The van der Waals surface area contributed by atoms with Crippen LogP contribution in [0.1, 0.15) is 93.2 Å². The Morgan fingerprint density at radius 2 is 1.95 bits per heavy atom. The van der Waals surface area contributed by atoms with Gasteiger partial charge in [0.25, 0.3) is 0 Å². The largest absolute Gasteiger partial charge is 0.457 e. The minimum Gasteiger partial charge on any atom is -0.457 e. The molecule has 1 N–H and O–H groups in total. The van der Waals surface area contributed by atoms with Gasteiger partial charge in [-0.1, -0.05) is 71.1 Å². The number of aromatic nitrogens is 1. The van der Waals surface area contributed by atoms with Gasteiger partial charge in [0.2, 0.25) is 0 Å². The van der Waals surface area contributed by atoms with Gasteiger partial charge in [0.1, 0.15) is 12.2 Å². The number of aliphatic hydroxyl groups excluding tert-OH is 1. The van der Waals surface area contributed by atoms with E-state index in [1.165, 1.54) is 0 Å². The summed E-state index contributed by atoms with van der Waals surface area (Å²) < 4.78 is 24.9. The Balaban J connectivity index is 2.42. The van der Waals surface area contributed by atoms with Crippen LogP contribution in [0.15, 0.2) is 60.3 Å². The van der Waals surface area contributed by atoms with Crippen molar-refractivity contribution in [2.75, 3.05) is 6.61 Å². The van der Waals surface area contributed by atoms with E-state index in [0.717, 1.165) is 11.3 Å². The standard InChI is InChI=1S/C35H57NO6Si/c1-12-39-28(5)41-35(9)22-21-29(42-43(10,11)34(6,7)8)24-32(38)40-33(27(4)19-20-31(35)37)26(3)17-15-16-25(2)30-18-13-14-23-36-30/h13-20,23,25,27-29,31,33,37H,12,21-22,24H2,1-11H3/t25?,27-,28?,29+,31-,33?,35+/m0/s1. The zero-order valence-corrected chi connectivity index (χ0v) is 29.4. The van der Waals surface area contributed by atoms with Crippen molar-refractivity contribution in [1.29, 1.82) is 0 Å². The smallest absolute Gasteiger partial charge is 0.308 e. The Hall–Kier alpha value is -2.10. The predicted octanol–water partition coefficient (Wildman–Crippen LogP) is 7.88. The van der Waals surface area contributed by atoms with E-state index in [-0.39, 0.29) is 35.4 Å². The average Bonchev–Trinajstić information content (AvgIpc) is 2.92. The number of hydrogen-bond acceptors (Lipinski definition) is 7. The second kappa shape index (κ2) is 16.3. The van der Waals surface area contributed by atoms with Crippen molar-refractivity contribution in [3.05, 3.63) is 66.0 Å². The molecule has 2 rings (SSSR count). The van der Waals surface area contributed by atoms with Gasteiger partial charge in [-0.25, -0.2) is 0 Å². The molecule has 1 aliphatic rings. The SMILES string of the molecule is CCOC(C)O[C@]1(C)CC[C@@H](O[Si](C)(C)C(C)(C)C)CC(=O)OC(C(C)=CC=CC(C)c2ccccn2)[C@@H](C)C=C[C@@H]1O. The molecule has 0 amide bonds. The van der Waals surface area contributed by atoms with E-state index in [2.05, 4.69) is 51.8 Å². The molecular formula is C35H57NO6Si. The highest BCUT2D eigenvalue weighted by Crippen LogP contribution is 2.39. The molecule has 7 nitrogen and oxygen atoms in total. The molecule has 3 unspecified atom stereocenters. The van der Waals surface area contributed by atoms with Crippen LogP contribution < -0.4 is 0 Å². The van der Waals surface area contributed by atoms with Gasteiger partial charge in [0, 0.05) is 30.3 Å². The Morgan fingerprint density at radius 3 is 2.56 bits per heavy atom. The van der Waals surface area contributed by atoms with Crippen molar-refractivity contribution >= 4 is 14.3 Å². The Bertz CT molecular complexity index is 1100. The van der Waals surface area contributed by atoms with Crippen molar-refractivity contribution in [1.82, 2.24) is 4.98 Å². The van der Waals surface area contributed by atoms with Crippen LogP contribution in [0.4, 0.5) is 0 Å². The van der Waals surface area contributed by atoms with E-state index in [9.17, 15) is 9.90 Å². The van der Waals surface area contributed by atoms with Crippen molar-refractivity contribution < 1.29 is 28.5 Å². The van der Waals surface area contributed by atoms with Gasteiger partial charge in [-0.3, -0.25) is 9.78 Å². The highest BCUT2D eigenvalue weighted by Gasteiger charge is 2.42. The molecule has 0 aliphatic carbocycles. The minimum absolute atomic E-state index is 0.0265. The van der Waals surface area contributed by atoms with Gasteiger partial charge in [-0.15, -0.1) is 0 Å². The maximum Gasteiger partial charge on any atom is 0.308 e. The number of pyridine rings is 1. The Morgan fingerprint density at radius 1 is 1.26 bits per heavy atom. The topological polar surface area (TPSA) is 87.1 Å². The predicted molar refractivity (Wildman–Crippen MR) is 176 cm³/mol. The van der Waals surface area contributed by atoms with Gasteiger partial charge in [-0.2, -0.15) is 0 Å². The fraction of sp³-hybridized carbons (Fsp3) is 0.657. The molecular weight excluding hydrogens is 558 g/mol. The van der Waals surface area contributed by atoms with E-state index in [4.69, 9.17) is 18.6 Å². The lowest BCUT2D eigenvalue weighted by molar-refractivity contribution is -0.221. The fourth-order valence-electron chi connectivity index (χ4n) is 4.96. The zero-order chi connectivity index (χ0) is 32.4. The van der Waals surface area contributed by atoms with E-state index < -0.39 is 32.4 Å². The molecule has 1 aliphatic heterocycles. The molecule has 7 atom stereocenters. The number of allylic oxidation sites excluding steroid dienone is 3. The number of carbonyl (C=O) groups excluding carboxylic acids is 1. The average molecular weight is 616 g/mol. The molecule has 0 saturated heterocycles. The van der Waals surface area contributed by atoms with Crippen molar-refractivity contribution in [2.24, 2.45) is 5.92 Å². The maximum absolute atomic E-state index is 13.5. The third-order valence-electron chi connectivity index (χ3n) is 8.78. The first kappa shape index (κ1) is 37.1. The first-order valence-electron chi connectivity index (χ1n) is 15.8. The number of esters is 1. The number of rotatable bonds is 10. The summed E-state index contributed by atoms with van der Waals surface area (Å²) in [5.74, 6) is -0.343. The molecule has 0 fully saturated rings. The van der Waals surface area contributed by atoms with E-state index in [0.29, 0.717) is 19.4 Å². The number of nitrogens with zero attached hydrogens (tertiary/aromatic N) is 1. The van der Waals surface area contributed by atoms with Gasteiger partial charge in [0.05, 0.1) is 18.1 Å². The lowest BCUT2D eigenvalue weighted by atomic mass is 9.88. The Labute approximate surface area is 261 Å². The zero-order valence-electron chi connectivity index (χ0n) is 28.4. The highest BCUT2D eigenvalue weighted by atomic mass is 28.4. The fourth-order valence-corrected chi connectivity index (χ4v) is 6.34. The molecule has 1 aromatic heterocycles. The monoisotopic (exact) mass is 615 g/mol. The molecule has 2 heterocycles. The van der Waals surface area contributed by atoms with Crippen LogP contribution in [0.3, 0.4) is 0 Å². The molecule has 43 heavy (non-hydrogen) atoms. The van der Waals surface area contributed by atoms with Gasteiger partial charge >= 0.3 is 5.97 Å². The second-order valence-corrected chi connectivity index (χ2v) is 18.4. The third kappa shape index (κ3) is 11.4. The van der Waals surface area contributed by atoms with Crippen LogP contribution in [-0.4, -0.2) is 61.2 Å². The van der Waals surface area contributed by atoms with Crippen LogP contribution in [-0.2, 0) is 23.4 Å². The summed E-state index contributed by atoms with van der Waals surface area (Å²) in [5, 5.41) is 11.4. The number of hydrogen-bond donors (Lipinski definition) is 1. The molecule has 1 aromatic rings. The highest BCUT2D eigenvalue weighted by molar-refractivity contribution is 6.74. The summed E-state index contributed by atoms with van der Waals surface area (Å²) in [6.45, 7) is 23.2. The molecule has 0 spiro atoms. The first-order chi connectivity index (χ1) is 20.0. The molecule has 0 radical (unpaired) electrons. The van der Waals surface area contributed by atoms with Crippen molar-refractivity contribution in [2.45, 2.75) is 136 Å². The third-order valence-corrected chi connectivity index (χ3v) is 13.3. The minimum atomic E-state index is -2.20. The summed E-state index contributed by atoms with van der Waals surface area (Å²) in [7, 11) is -2.20. The number of cyclic esters (lactones) is 1. The van der Waals surface area contributed by atoms with Crippen LogP contribution >= 0.6 is 0 Å². The lowest BCUT2D eigenvalue weighted by Crippen LogP contribution is -2.47. The quantitative estimate of drug-likeness (QED) is 0.0942. The summed E-state index contributed by atoms with van der Waals surface area (Å²) >= 11 is 0. The van der Waals surface area contributed by atoms with Gasteiger partial charge in [0.15, 0.2) is 14.6 Å². The first-order valence-corrected chi connectivity index (χ1v) is 18.7. The van der Waals surface area contributed by atoms with Gasteiger partial charge < -0.3 is 23.7 Å². The van der Waals surface area contributed by atoms with Crippen LogP contribution in [0.25, 0.3) is 0 Å². The number of carbonyl (C=O) groups is 1. The van der Waals surface area contributed by atoms with Crippen LogP contribution in [0.2, 0.25) is 18.1 Å². The summed E-state index contributed by atoms with van der Waals surface area (Å²) in [5.41, 5.74) is 0.963. The normalized spacial score (nSPS) is 28.2. The molecule has 0 aromatic carbocycles. The molecule has 0 saturated carbocycles.